The van der Waals surface area contributed by atoms with Gasteiger partial charge in [-0.1, -0.05) is 44.2 Å². The Morgan fingerprint density at radius 2 is 1.81 bits per heavy atom. The molecule has 0 saturated carbocycles. The summed E-state index contributed by atoms with van der Waals surface area (Å²) in [6, 6.07) is 16.3. The zero-order valence-corrected chi connectivity index (χ0v) is 18.7. The summed E-state index contributed by atoms with van der Waals surface area (Å²) in [7, 11) is 0. The molecule has 1 saturated heterocycles. The monoisotopic (exact) mass is 419 g/mol. The van der Waals surface area contributed by atoms with E-state index < -0.39 is 0 Å². The minimum absolute atomic E-state index is 0.115. The first-order chi connectivity index (χ1) is 15.0. The molecule has 0 radical (unpaired) electrons. The molecule has 2 aromatic rings. The van der Waals surface area contributed by atoms with E-state index in [0.717, 1.165) is 55.6 Å². The first-order valence-corrected chi connectivity index (χ1v) is 11.6. The maximum absolute atomic E-state index is 13.0. The van der Waals surface area contributed by atoms with E-state index in [1.165, 1.54) is 5.56 Å². The molecule has 2 aromatic carbocycles. The van der Waals surface area contributed by atoms with Crippen molar-refractivity contribution >= 4 is 11.7 Å². The van der Waals surface area contributed by atoms with E-state index in [1.54, 1.807) is 0 Å². The van der Waals surface area contributed by atoms with Gasteiger partial charge in [0.2, 0.25) is 5.91 Å². The number of fused-ring (bicyclic) bond motifs is 1. The third-order valence-electron chi connectivity index (χ3n) is 6.60. The van der Waals surface area contributed by atoms with Crippen molar-refractivity contribution in [3.63, 3.8) is 0 Å². The molecule has 2 aliphatic rings. The molecule has 1 fully saturated rings. The fourth-order valence-electron chi connectivity index (χ4n) is 4.77. The van der Waals surface area contributed by atoms with E-state index >= 15 is 0 Å². The SMILES string of the molecule is CC(C)COc1ccc2c(c1)CCC(CC(=O)N1CCC(c3ccccc3)CC1)C2=O. The molecule has 4 nitrogen and oxygen atoms in total. The van der Waals surface area contributed by atoms with Crippen LogP contribution in [0.25, 0.3) is 0 Å². The third-order valence-corrected chi connectivity index (χ3v) is 6.60. The maximum Gasteiger partial charge on any atom is 0.223 e. The number of hydrogen-bond acceptors (Lipinski definition) is 3. The Morgan fingerprint density at radius 1 is 1.06 bits per heavy atom. The first kappa shape index (κ1) is 21.6. The van der Waals surface area contributed by atoms with E-state index in [2.05, 4.69) is 38.1 Å². The molecule has 1 unspecified atom stereocenters. The van der Waals surface area contributed by atoms with Crippen molar-refractivity contribution < 1.29 is 14.3 Å². The molecule has 0 spiro atoms. The van der Waals surface area contributed by atoms with Gasteiger partial charge in [0.25, 0.3) is 0 Å². The number of amides is 1. The van der Waals surface area contributed by atoms with Gasteiger partial charge in [0.1, 0.15) is 5.75 Å². The van der Waals surface area contributed by atoms with Crippen LogP contribution in [-0.2, 0) is 11.2 Å². The van der Waals surface area contributed by atoms with Gasteiger partial charge in [-0.2, -0.15) is 0 Å². The van der Waals surface area contributed by atoms with Gasteiger partial charge in [0.15, 0.2) is 5.78 Å². The van der Waals surface area contributed by atoms with Crippen molar-refractivity contribution in [1.82, 2.24) is 4.90 Å². The zero-order valence-electron chi connectivity index (χ0n) is 18.7. The lowest BCUT2D eigenvalue weighted by Gasteiger charge is -2.33. The van der Waals surface area contributed by atoms with Crippen molar-refractivity contribution in [3.05, 3.63) is 65.2 Å². The van der Waals surface area contributed by atoms with E-state index in [1.807, 2.05) is 29.2 Å². The molecule has 4 rings (SSSR count). The van der Waals surface area contributed by atoms with Crippen LogP contribution in [-0.4, -0.2) is 36.3 Å². The second kappa shape index (κ2) is 9.67. The van der Waals surface area contributed by atoms with Gasteiger partial charge in [0.05, 0.1) is 6.61 Å². The molecule has 0 aromatic heterocycles. The molecule has 31 heavy (non-hydrogen) atoms. The number of rotatable bonds is 6. The van der Waals surface area contributed by atoms with E-state index in [0.29, 0.717) is 24.9 Å². The Kier molecular flexibility index (Phi) is 6.74. The van der Waals surface area contributed by atoms with E-state index in [4.69, 9.17) is 4.74 Å². The topological polar surface area (TPSA) is 46.6 Å². The van der Waals surface area contributed by atoms with Crippen LogP contribution in [0, 0.1) is 11.8 Å². The molecule has 4 heteroatoms. The largest absolute Gasteiger partial charge is 0.493 e. The predicted molar refractivity (Wildman–Crippen MR) is 123 cm³/mol. The predicted octanol–water partition coefficient (Wildman–Crippen LogP) is 5.26. The minimum atomic E-state index is -0.200. The number of Topliss-reactive ketones (excluding diaryl/α,β-unsaturated/α-hetero) is 1. The minimum Gasteiger partial charge on any atom is -0.493 e. The van der Waals surface area contributed by atoms with Crippen LogP contribution in [0.2, 0.25) is 0 Å². The molecule has 0 bridgehead atoms. The summed E-state index contributed by atoms with van der Waals surface area (Å²) in [5.74, 6) is 1.87. The number of benzene rings is 2. The van der Waals surface area contributed by atoms with Gasteiger partial charge in [-0.25, -0.2) is 0 Å². The average molecular weight is 420 g/mol. The maximum atomic E-state index is 13.0. The van der Waals surface area contributed by atoms with Crippen LogP contribution >= 0.6 is 0 Å². The highest BCUT2D eigenvalue weighted by Crippen LogP contribution is 2.32. The number of piperidine rings is 1. The Bertz CT molecular complexity index is 913. The molecule has 164 valence electrons. The molecular weight excluding hydrogens is 386 g/mol. The van der Waals surface area contributed by atoms with Crippen LogP contribution in [0.4, 0.5) is 0 Å². The number of likely N-dealkylation sites (tertiary alicyclic amines) is 1. The first-order valence-electron chi connectivity index (χ1n) is 11.6. The van der Waals surface area contributed by atoms with Crippen LogP contribution in [0.15, 0.2) is 48.5 Å². The van der Waals surface area contributed by atoms with Gasteiger partial charge in [-0.3, -0.25) is 9.59 Å². The van der Waals surface area contributed by atoms with Gasteiger partial charge >= 0.3 is 0 Å². The summed E-state index contributed by atoms with van der Waals surface area (Å²) in [6.07, 6.45) is 3.90. The fraction of sp³-hybridized carbons (Fsp3) is 0.481. The standard InChI is InChI=1S/C27H33NO3/c1-19(2)18-31-24-10-11-25-22(16-24)8-9-23(27(25)30)17-26(29)28-14-12-21(13-15-28)20-6-4-3-5-7-20/h3-7,10-11,16,19,21,23H,8-9,12-15,17-18H2,1-2H3. The van der Waals surface area contributed by atoms with Crippen molar-refractivity contribution in [1.29, 1.82) is 0 Å². The van der Waals surface area contributed by atoms with Gasteiger partial charge in [-0.15, -0.1) is 0 Å². The third kappa shape index (κ3) is 5.17. The Morgan fingerprint density at radius 3 is 2.52 bits per heavy atom. The molecule has 1 aliphatic carbocycles. The van der Waals surface area contributed by atoms with Gasteiger partial charge < -0.3 is 9.64 Å². The highest BCUT2D eigenvalue weighted by molar-refractivity contribution is 6.02. The van der Waals surface area contributed by atoms with E-state index in [9.17, 15) is 9.59 Å². The lowest BCUT2D eigenvalue weighted by Crippen LogP contribution is -2.40. The molecule has 1 atom stereocenters. The van der Waals surface area contributed by atoms with Crippen LogP contribution < -0.4 is 4.74 Å². The summed E-state index contributed by atoms with van der Waals surface area (Å²) >= 11 is 0. The number of ether oxygens (including phenoxy) is 1. The molecule has 0 N–H and O–H groups in total. The van der Waals surface area contributed by atoms with Crippen LogP contribution in [0.5, 0.6) is 5.75 Å². The number of ketones is 1. The summed E-state index contributed by atoms with van der Waals surface area (Å²) in [4.78, 5) is 27.9. The number of hydrogen-bond donors (Lipinski definition) is 0. The zero-order chi connectivity index (χ0) is 21.8. The van der Waals surface area contributed by atoms with Crippen LogP contribution in [0.1, 0.15) is 66.9 Å². The lowest BCUT2D eigenvalue weighted by atomic mass is 9.80. The van der Waals surface area contributed by atoms with Crippen LogP contribution in [0.3, 0.4) is 0 Å². The van der Waals surface area contributed by atoms with E-state index in [-0.39, 0.29) is 17.6 Å². The number of nitrogens with zero attached hydrogens (tertiary/aromatic N) is 1. The quantitative estimate of drug-likeness (QED) is 0.641. The second-order valence-corrected chi connectivity index (χ2v) is 9.39. The highest BCUT2D eigenvalue weighted by atomic mass is 16.5. The number of aryl methyl sites for hydroxylation is 1. The summed E-state index contributed by atoms with van der Waals surface area (Å²) < 4.78 is 5.81. The van der Waals surface area contributed by atoms with Crippen molar-refractivity contribution in [2.45, 2.75) is 51.9 Å². The molecule has 1 amide bonds. The smallest absolute Gasteiger partial charge is 0.223 e. The summed E-state index contributed by atoms with van der Waals surface area (Å²) in [6.45, 7) is 6.48. The summed E-state index contributed by atoms with van der Waals surface area (Å²) in [5, 5.41) is 0. The Labute approximate surface area is 185 Å². The van der Waals surface area contributed by atoms with Crippen molar-refractivity contribution in [2.75, 3.05) is 19.7 Å². The Balaban J connectivity index is 1.32. The highest BCUT2D eigenvalue weighted by Gasteiger charge is 2.32. The molecule has 1 heterocycles. The second-order valence-electron chi connectivity index (χ2n) is 9.39. The Hall–Kier alpha value is -2.62. The summed E-state index contributed by atoms with van der Waals surface area (Å²) in [5.41, 5.74) is 3.19. The number of carbonyl (C=O) groups excluding carboxylic acids is 2. The van der Waals surface area contributed by atoms with Gasteiger partial charge in [-0.05, 0) is 66.8 Å². The van der Waals surface area contributed by atoms with Gasteiger partial charge in [0, 0.05) is 31.0 Å². The lowest BCUT2D eigenvalue weighted by molar-refractivity contribution is -0.133. The number of carbonyl (C=O) groups is 2. The average Bonchev–Trinajstić information content (AvgIpc) is 2.80. The molecule has 1 aliphatic heterocycles. The molecular formula is C27H33NO3. The van der Waals surface area contributed by atoms with Crippen molar-refractivity contribution in [3.8, 4) is 5.75 Å². The fourth-order valence-corrected chi connectivity index (χ4v) is 4.77. The van der Waals surface area contributed by atoms with Crippen molar-refractivity contribution in [2.24, 2.45) is 11.8 Å². The normalized spacial score (nSPS) is 19.4.